The minimum atomic E-state index is 0.176. The van der Waals surface area contributed by atoms with Crippen LogP contribution in [0.1, 0.15) is 50.8 Å². The lowest BCUT2D eigenvalue weighted by Gasteiger charge is -2.37. The van der Waals surface area contributed by atoms with Gasteiger partial charge in [0.1, 0.15) is 0 Å². The summed E-state index contributed by atoms with van der Waals surface area (Å²) in [6.45, 7) is 12.1. The molecule has 5 heteroatoms. The van der Waals surface area contributed by atoms with Gasteiger partial charge in [0.15, 0.2) is 0 Å². The fourth-order valence-electron chi connectivity index (χ4n) is 4.26. The molecule has 0 saturated carbocycles. The number of benzene rings is 1. The molecule has 2 heterocycles. The number of carbonyl (C=O) groups excluding carboxylic acids is 1. The van der Waals surface area contributed by atoms with Crippen molar-refractivity contribution in [1.29, 1.82) is 0 Å². The van der Waals surface area contributed by atoms with E-state index in [4.69, 9.17) is 0 Å². The Morgan fingerprint density at radius 3 is 2.52 bits per heavy atom. The summed E-state index contributed by atoms with van der Waals surface area (Å²) in [7, 11) is 0. The molecule has 27 heavy (non-hydrogen) atoms. The predicted molar refractivity (Wildman–Crippen MR) is 111 cm³/mol. The summed E-state index contributed by atoms with van der Waals surface area (Å²) in [5.74, 6) is 0.176. The minimum Gasteiger partial charge on any atom is -0.352 e. The molecular weight excluding hydrogens is 336 g/mol. The minimum absolute atomic E-state index is 0.176. The zero-order chi connectivity index (χ0) is 19.2. The standard InChI is InChI=1S/C22H36N4O/c1-4-18-5-7-19(8-6-18)21-15-23-11-14-26(21)16-22(27)24-20-9-12-25(13-10-20)17(2)3/h5-8,17,20-21,23H,4,9-16H2,1-3H3,(H,24,27). The summed E-state index contributed by atoms with van der Waals surface area (Å²) in [5.41, 5.74) is 2.66. The van der Waals surface area contributed by atoms with Crippen LogP contribution in [0.5, 0.6) is 0 Å². The second kappa shape index (κ2) is 9.67. The van der Waals surface area contributed by atoms with E-state index in [1.165, 1.54) is 11.1 Å². The van der Waals surface area contributed by atoms with Crippen LogP contribution in [0, 0.1) is 0 Å². The molecule has 1 atom stereocenters. The van der Waals surface area contributed by atoms with Gasteiger partial charge in [-0.3, -0.25) is 9.69 Å². The number of piperidine rings is 1. The Labute approximate surface area is 164 Å². The maximum Gasteiger partial charge on any atom is 0.234 e. The van der Waals surface area contributed by atoms with Crippen molar-refractivity contribution in [3.63, 3.8) is 0 Å². The number of rotatable bonds is 6. The second-order valence-corrected chi connectivity index (χ2v) is 8.26. The van der Waals surface area contributed by atoms with Crippen molar-refractivity contribution in [1.82, 2.24) is 20.4 Å². The Morgan fingerprint density at radius 2 is 1.89 bits per heavy atom. The van der Waals surface area contributed by atoms with Crippen LogP contribution in [0.2, 0.25) is 0 Å². The Kier molecular flexibility index (Phi) is 7.27. The first-order chi connectivity index (χ1) is 13.1. The zero-order valence-electron chi connectivity index (χ0n) is 17.2. The van der Waals surface area contributed by atoms with E-state index in [9.17, 15) is 4.79 Å². The van der Waals surface area contributed by atoms with Gasteiger partial charge in [-0.05, 0) is 44.2 Å². The highest BCUT2D eigenvalue weighted by molar-refractivity contribution is 5.78. The number of piperazine rings is 1. The van der Waals surface area contributed by atoms with Crippen LogP contribution < -0.4 is 10.6 Å². The normalized spacial score (nSPS) is 22.9. The maximum atomic E-state index is 12.7. The summed E-state index contributed by atoms with van der Waals surface area (Å²) in [5, 5.41) is 6.77. The number of aryl methyl sites for hydroxylation is 1. The van der Waals surface area contributed by atoms with Crippen molar-refractivity contribution in [3.05, 3.63) is 35.4 Å². The van der Waals surface area contributed by atoms with Gasteiger partial charge in [0.2, 0.25) is 5.91 Å². The molecule has 2 saturated heterocycles. The quantitative estimate of drug-likeness (QED) is 0.804. The highest BCUT2D eigenvalue weighted by Crippen LogP contribution is 2.22. The fourth-order valence-corrected chi connectivity index (χ4v) is 4.26. The number of likely N-dealkylation sites (tertiary alicyclic amines) is 1. The molecule has 2 fully saturated rings. The molecule has 0 bridgehead atoms. The first kappa shape index (κ1) is 20.3. The summed E-state index contributed by atoms with van der Waals surface area (Å²) in [6.07, 6.45) is 3.19. The van der Waals surface area contributed by atoms with Crippen LogP contribution in [-0.4, -0.2) is 67.1 Å². The topological polar surface area (TPSA) is 47.6 Å². The van der Waals surface area contributed by atoms with Crippen molar-refractivity contribution in [2.75, 3.05) is 39.3 Å². The second-order valence-electron chi connectivity index (χ2n) is 8.26. The number of carbonyl (C=O) groups is 1. The van der Waals surface area contributed by atoms with Gasteiger partial charge in [-0.2, -0.15) is 0 Å². The van der Waals surface area contributed by atoms with Gasteiger partial charge < -0.3 is 15.5 Å². The highest BCUT2D eigenvalue weighted by Gasteiger charge is 2.27. The largest absolute Gasteiger partial charge is 0.352 e. The molecule has 1 unspecified atom stereocenters. The first-order valence-corrected chi connectivity index (χ1v) is 10.6. The zero-order valence-corrected chi connectivity index (χ0v) is 17.2. The molecule has 0 radical (unpaired) electrons. The number of hydrogen-bond acceptors (Lipinski definition) is 4. The monoisotopic (exact) mass is 372 g/mol. The molecule has 0 aromatic heterocycles. The third-order valence-electron chi connectivity index (χ3n) is 6.10. The molecule has 0 aliphatic carbocycles. The van der Waals surface area contributed by atoms with Crippen LogP contribution in [-0.2, 0) is 11.2 Å². The van der Waals surface area contributed by atoms with E-state index in [1.807, 2.05) is 0 Å². The summed E-state index contributed by atoms with van der Waals surface area (Å²) < 4.78 is 0. The van der Waals surface area contributed by atoms with Gasteiger partial charge >= 0.3 is 0 Å². The van der Waals surface area contributed by atoms with Gasteiger partial charge in [-0.1, -0.05) is 31.2 Å². The maximum absolute atomic E-state index is 12.7. The van der Waals surface area contributed by atoms with E-state index < -0.39 is 0 Å². The van der Waals surface area contributed by atoms with E-state index >= 15 is 0 Å². The number of nitrogens with one attached hydrogen (secondary N) is 2. The van der Waals surface area contributed by atoms with Gasteiger partial charge in [-0.25, -0.2) is 0 Å². The van der Waals surface area contributed by atoms with Gasteiger partial charge in [0.05, 0.1) is 6.54 Å². The molecule has 1 aromatic rings. The van der Waals surface area contributed by atoms with Crippen molar-refractivity contribution in [2.24, 2.45) is 0 Å². The van der Waals surface area contributed by atoms with Crippen molar-refractivity contribution in [3.8, 4) is 0 Å². The molecule has 1 amide bonds. The Hall–Kier alpha value is -1.43. The lowest BCUT2D eigenvalue weighted by molar-refractivity contribution is -0.124. The average molecular weight is 373 g/mol. The van der Waals surface area contributed by atoms with Crippen LogP contribution in [0.4, 0.5) is 0 Å². The molecule has 3 rings (SSSR count). The highest BCUT2D eigenvalue weighted by atomic mass is 16.2. The Balaban J connectivity index is 1.53. The van der Waals surface area contributed by atoms with E-state index in [0.29, 0.717) is 18.6 Å². The Morgan fingerprint density at radius 1 is 1.19 bits per heavy atom. The molecule has 2 N–H and O–H groups in total. The summed E-state index contributed by atoms with van der Waals surface area (Å²) >= 11 is 0. The van der Waals surface area contributed by atoms with Gasteiger partial charge in [0, 0.05) is 50.8 Å². The van der Waals surface area contributed by atoms with Crippen LogP contribution in [0.3, 0.4) is 0 Å². The van der Waals surface area contributed by atoms with Crippen LogP contribution in [0.25, 0.3) is 0 Å². The molecule has 5 nitrogen and oxygen atoms in total. The smallest absolute Gasteiger partial charge is 0.234 e. The predicted octanol–water partition coefficient (Wildman–Crippen LogP) is 2.18. The van der Waals surface area contributed by atoms with Crippen molar-refractivity contribution in [2.45, 2.75) is 58.2 Å². The molecule has 2 aliphatic heterocycles. The number of nitrogens with zero attached hydrogens (tertiary/aromatic N) is 2. The lowest BCUT2D eigenvalue weighted by Crippen LogP contribution is -2.52. The van der Waals surface area contributed by atoms with E-state index in [-0.39, 0.29) is 11.9 Å². The van der Waals surface area contributed by atoms with E-state index in [2.05, 4.69) is 65.5 Å². The van der Waals surface area contributed by atoms with Crippen molar-refractivity contribution < 1.29 is 4.79 Å². The molecule has 1 aromatic carbocycles. The number of amides is 1. The van der Waals surface area contributed by atoms with E-state index in [1.54, 1.807) is 0 Å². The Bertz CT molecular complexity index is 593. The fraction of sp³-hybridized carbons (Fsp3) is 0.682. The van der Waals surface area contributed by atoms with Crippen LogP contribution in [0.15, 0.2) is 24.3 Å². The number of hydrogen-bond donors (Lipinski definition) is 2. The first-order valence-electron chi connectivity index (χ1n) is 10.6. The molecule has 150 valence electrons. The van der Waals surface area contributed by atoms with E-state index in [0.717, 1.165) is 52.0 Å². The average Bonchev–Trinajstić information content (AvgIpc) is 2.69. The third kappa shape index (κ3) is 5.53. The van der Waals surface area contributed by atoms with Gasteiger partial charge in [0.25, 0.3) is 0 Å². The third-order valence-corrected chi connectivity index (χ3v) is 6.10. The van der Waals surface area contributed by atoms with Crippen molar-refractivity contribution >= 4 is 5.91 Å². The van der Waals surface area contributed by atoms with Gasteiger partial charge in [-0.15, -0.1) is 0 Å². The SMILES string of the molecule is CCc1ccc(C2CNCCN2CC(=O)NC2CCN(C(C)C)CC2)cc1. The molecule has 0 spiro atoms. The summed E-state index contributed by atoms with van der Waals surface area (Å²) in [6, 6.07) is 10.1. The lowest BCUT2D eigenvalue weighted by atomic mass is 10.0. The summed E-state index contributed by atoms with van der Waals surface area (Å²) in [4.78, 5) is 17.5. The van der Waals surface area contributed by atoms with Crippen LogP contribution >= 0.6 is 0 Å². The molecular formula is C22H36N4O. The molecule has 2 aliphatic rings.